The lowest BCUT2D eigenvalue weighted by atomic mass is 10.1. The normalized spacial score (nSPS) is 11.1. The summed E-state index contributed by atoms with van der Waals surface area (Å²) >= 11 is 0. The molecule has 0 aromatic heterocycles. The number of carbonyl (C=O) groups excluding carboxylic acids is 1. The summed E-state index contributed by atoms with van der Waals surface area (Å²) in [6, 6.07) is 12.8. The second-order valence-electron chi connectivity index (χ2n) is 5.51. The monoisotopic (exact) mass is 340 g/mol. The van der Waals surface area contributed by atoms with Gasteiger partial charge in [-0.1, -0.05) is 18.2 Å². The van der Waals surface area contributed by atoms with Crippen LogP contribution in [0.25, 0.3) is 6.08 Å². The Labute approximate surface area is 145 Å². The minimum atomic E-state index is -0.898. The second-order valence-corrected chi connectivity index (χ2v) is 5.51. The Morgan fingerprint density at radius 1 is 1.32 bits per heavy atom. The topological polar surface area (TPSA) is 82.3 Å². The molecule has 0 saturated carbocycles. The summed E-state index contributed by atoms with van der Waals surface area (Å²) in [5.74, 6) is -2.18. The van der Waals surface area contributed by atoms with E-state index in [0.29, 0.717) is 5.69 Å². The Bertz CT molecular complexity index is 840. The first-order chi connectivity index (χ1) is 11.9. The third-order valence-electron chi connectivity index (χ3n) is 3.12. The SMILES string of the molecule is CC(C)Oc1cc(C=C(C#N)C(=O)Nc2ccccc2)cc(F)c1O. The van der Waals surface area contributed by atoms with Crippen LogP contribution in [0.15, 0.2) is 48.0 Å². The molecule has 0 aliphatic carbocycles. The predicted octanol–water partition coefficient (Wildman–Crippen LogP) is 3.86. The fourth-order valence-electron chi connectivity index (χ4n) is 2.06. The van der Waals surface area contributed by atoms with E-state index in [1.165, 1.54) is 12.1 Å². The van der Waals surface area contributed by atoms with Crippen LogP contribution in [-0.2, 0) is 4.79 Å². The summed E-state index contributed by atoms with van der Waals surface area (Å²) in [4.78, 5) is 12.2. The van der Waals surface area contributed by atoms with Crippen molar-refractivity contribution in [3.63, 3.8) is 0 Å². The summed E-state index contributed by atoms with van der Waals surface area (Å²) in [5.41, 5.74) is 0.560. The van der Waals surface area contributed by atoms with Crippen LogP contribution in [0.2, 0.25) is 0 Å². The van der Waals surface area contributed by atoms with Crippen molar-refractivity contribution in [2.45, 2.75) is 20.0 Å². The third kappa shape index (κ3) is 4.82. The lowest BCUT2D eigenvalue weighted by molar-refractivity contribution is -0.112. The van der Waals surface area contributed by atoms with Crippen molar-refractivity contribution < 1.29 is 19.0 Å². The molecule has 0 bridgehead atoms. The predicted molar refractivity (Wildman–Crippen MR) is 92.5 cm³/mol. The van der Waals surface area contributed by atoms with Crippen molar-refractivity contribution in [1.82, 2.24) is 0 Å². The molecule has 0 atom stereocenters. The first-order valence-corrected chi connectivity index (χ1v) is 7.58. The van der Waals surface area contributed by atoms with Gasteiger partial charge in [0.15, 0.2) is 17.3 Å². The summed E-state index contributed by atoms with van der Waals surface area (Å²) in [5, 5.41) is 21.5. The van der Waals surface area contributed by atoms with Crippen molar-refractivity contribution in [1.29, 1.82) is 5.26 Å². The molecule has 0 spiro atoms. The lowest BCUT2D eigenvalue weighted by Gasteiger charge is -2.12. The second kappa shape index (κ2) is 7.97. The molecule has 25 heavy (non-hydrogen) atoms. The number of para-hydroxylation sites is 1. The van der Waals surface area contributed by atoms with Gasteiger partial charge in [-0.25, -0.2) is 4.39 Å². The summed E-state index contributed by atoms with van der Waals surface area (Å²) in [6.07, 6.45) is 0.954. The molecule has 0 saturated heterocycles. The van der Waals surface area contributed by atoms with E-state index in [9.17, 15) is 19.6 Å². The highest BCUT2D eigenvalue weighted by atomic mass is 19.1. The zero-order valence-corrected chi connectivity index (χ0v) is 13.8. The number of rotatable bonds is 5. The van der Waals surface area contributed by atoms with Crippen molar-refractivity contribution in [2.24, 2.45) is 0 Å². The molecule has 0 unspecified atom stereocenters. The number of amides is 1. The number of nitrogens with zero attached hydrogens (tertiary/aromatic N) is 1. The smallest absolute Gasteiger partial charge is 0.266 e. The van der Waals surface area contributed by atoms with E-state index in [4.69, 9.17) is 4.74 Å². The van der Waals surface area contributed by atoms with Gasteiger partial charge >= 0.3 is 0 Å². The standard InChI is InChI=1S/C19H17FN2O3/c1-12(2)25-17-10-13(9-16(20)18(17)23)8-14(11-21)19(24)22-15-6-4-3-5-7-15/h3-10,12,23H,1-2H3,(H,22,24). The molecule has 1 amide bonds. The van der Waals surface area contributed by atoms with Gasteiger partial charge in [-0.2, -0.15) is 5.26 Å². The Morgan fingerprint density at radius 3 is 2.60 bits per heavy atom. The van der Waals surface area contributed by atoms with Crippen LogP contribution in [0.1, 0.15) is 19.4 Å². The van der Waals surface area contributed by atoms with Crippen LogP contribution in [0, 0.1) is 17.1 Å². The van der Waals surface area contributed by atoms with Crippen molar-refractivity contribution >= 4 is 17.7 Å². The first kappa shape index (κ1) is 18.0. The summed E-state index contributed by atoms with van der Waals surface area (Å²) in [7, 11) is 0. The number of hydrogen-bond donors (Lipinski definition) is 2. The van der Waals surface area contributed by atoms with Crippen LogP contribution in [-0.4, -0.2) is 17.1 Å². The number of phenolic OH excluding ortho intramolecular Hbond substituents is 1. The van der Waals surface area contributed by atoms with E-state index in [2.05, 4.69) is 5.32 Å². The quantitative estimate of drug-likeness (QED) is 0.639. The van der Waals surface area contributed by atoms with Crippen molar-refractivity contribution in [3.8, 4) is 17.6 Å². The molecule has 0 aliphatic heterocycles. The van der Waals surface area contributed by atoms with E-state index in [0.717, 1.165) is 6.07 Å². The Hall–Kier alpha value is -3.33. The van der Waals surface area contributed by atoms with Gasteiger partial charge in [-0.3, -0.25) is 4.79 Å². The molecule has 0 radical (unpaired) electrons. The zero-order chi connectivity index (χ0) is 18.4. The van der Waals surface area contributed by atoms with Crippen LogP contribution < -0.4 is 10.1 Å². The van der Waals surface area contributed by atoms with Gasteiger partial charge in [-0.15, -0.1) is 0 Å². The van der Waals surface area contributed by atoms with Crippen LogP contribution in [0.4, 0.5) is 10.1 Å². The fraction of sp³-hybridized carbons (Fsp3) is 0.158. The molecule has 5 nitrogen and oxygen atoms in total. The number of benzene rings is 2. The first-order valence-electron chi connectivity index (χ1n) is 7.58. The van der Waals surface area contributed by atoms with Gasteiger partial charge < -0.3 is 15.2 Å². The van der Waals surface area contributed by atoms with E-state index >= 15 is 0 Å². The van der Waals surface area contributed by atoms with Crippen molar-refractivity contribution in [2.75, 3.05) is 5.32 Å². The number of hydrogen-bond acceptors (Lipinski definition) is 4. The highest BCUT2D eigenvalue weighted by molar-refractivity contribution is 6.09. The molecule has 0 heterocycles. The number of phenols is 1. The minimum Gasteiger partial charge on any atom is -0.502 e. The molecule has 0 aliphatic rings. The number of ether oxygens (including phenoxy) is 1. The third-order valence-corrected chi connectivity index (χ3v) is 3.12. The van der Waals surface area contributed by atoms with Gasteiger partial charge in [0.1, 0.15) is 11.6 Å². The molecule has 128 valence electrons. The lowest BCUT2D eigenvalue weighted by Crippen LogP contribution is -2.13. The average molecular weight is 340 g/mol. The Balaban J connectivity index is 2.31. The van der Waals surface area contributed by atoms with E-state index in [-0.39, 0.29) is 23.0 Å². The number of anilines is 1. The highest BCUT2D eigenvalue weighted by Crippen LogP contribution is 2.32. The van der Waals surface area contributed by atoms with Crippen LogP contribution in [0.5, 0.6) is 11.5 Å². The maximum atomic E-state index is 13.8. The van der Waals surface area contributed by atoms with Crippen molar-refractivity contribution in [3.05, 3.63) is 59.4 Å². The van der Waals surface area contributed by atoms with Gasteiger partial charge in [0.25, 0.3) is 5.91 Å². The highest BCUT2D eigenvalue weighted by Gasteiger charge is 2.14. The van der Waals surface area contributed by atoms with Gasteiger partial charge in [0.05, 0.1) is 6.10 Å². The largest absolute Gasteiger partial charge is 0.502 e. The molecule has 2 aromatic carbocycles. The minimum absolute atomic E-state index is 0.0537. The maximum Gasteiger partial charge on any atom is 0.266 e. The van der Waals surface area contributed by atoms with Gasteiger partial charge in [0, 0.05) is 5.69 Å². The Morgan fingerprint density at radius 2 is 2.00 bits per heavy atom. The average Bonchev–Trinajstić information content (AvgIpc) is 2.57. The zero-order valence-electron chi connectivity index (χ0n) is 13.8. The molecule has 6 heteroatoms. The van der Waals surface area contributed by atoms with E-state index in [1.54, 1.807) is 50.2 Å². The summed E-state index contributed by atoms with van der Waals surface area (Å²) in [6.45, 7) is 3.46. The van der Waals surface area contributed by atoms with E-state index in [1.807, 2.05) is 0 Å². The molecule has 2 aromatic rings. The number of aromatic hydroxyl groups is 1. The number of nitriles is 1. The molecular weight excluding hydrogens is 323 g/mol. The molecule has 2 N–H and O–H groups in total. The van der Waals surface area contributed by atoms with E-state index < -0.39 is 17.5 Å². The van der Waals surface area contributed by atoms with Crippen LogP contribution in [0.3, 0.4) is 0 Å². The van der Waals surface area contributed by atoms with Crippen LogP contribution >= 0.6 is 0 Å². The molecule has 2 rings (SSSR count). The fourth-order valence-corrected chi connectivity index (χ4v) is 2.06. The van der Waals surface area contributed by atoms with Gasteiger partial charge in [0.2, 0.25) is 0 Å². The van der Waals surface area contributed by atoms with Gasteiger partial charge in [-0.05, 0) is 49.8 Å². The number of nitrogens with one attached hydrogen (secondary N) is 1. The number of halogens is 1. The maximum absolute atomic E-state index is 13.8. The summed E-state index contributed by atoms with van der Waals surface area (Å²) < 4.78 is 19.2. The Kier molecular flexibility index (Phi) is 5.75. The molecular formula is C19H17FN2O3. The molecule has 0 fully saturated rings. The number of carbonyl (C=O) groups is 1.